The minimum atomic E-state index is -3.61. The summed E-state index contributed by atoms with van der Waals surface area (Å²) in [5.74, 6) is -0.929. The van der Waals surface area contributed by atoms with E-state index in [1.165, 1.54) is 15.3 Å². The van der Waals surface area contributed by atoms with Crippen LogP contribution < -0.4 is 9.62 Å². The molecule has 0 spiro atoms. The van der Waals surface area contributed by atoms with Gasteiger partial charge in [0.05, 0.1) is 11.9 Å². The van der Waals surface area contributed by atoms with Gasteiger partial charge in [-0.2, -0.15) is 0 Å². The second-order valence-electron chi connectivity index (χ2n) is 11.2. The fraction of sp³-hybridized carbons (Fsp3) is 0.394. The van der Waals surface area contributed by atoms with Crippen molar-refractivity contribution in [1.29, 1.82) is 0 Å². The van der Waals surface area contributed by atoms with Crippen LogP contribution in [0.3, 0.4) is 0 Å². The second kappa shape index (κ2) is 15.0. The van der Waals surface area contributed by atoms with Crippen LogP contribution in [0.1, 0.15) is 48.9 Å². The number of hydrogen-bond acceptors (Lipinski definition) is 4. The van der Waals surface area contributed by atoms with Crippen molar-refractivity contribution in [2.75, 3.05) is 23.7 Å². The molecule has 0 radical (unpaired) electrons. The summed E-state index contributed by atoms with van der Waals surface area (Å²) in [5, 5.41) is 2.95. The summed E-state index contributed by atoms with van der Waals surface area (Å²) in [5.41, 5.74) is 3.71. The van der Waals surface area contributed by atoms with Crippen molar-refractivity contribution in [3.8, 4) is 0 Å². The Bertz CT molecular complexity index is 1460. The maximum absolute atomic E-state index is 14.8. The molecule has 226 valence electrons. The molecule has 3 rings (SSSR count). The number of hydrogen-bond donors (Lipinski definition) is 1. The van der Waals surface area contributed by atoms with E-state index in [-0.39, 0.29) is 50.1 Å². The first kappa shape index (κ1) is 32.8. The molecule has 0 heterocycles. The number of sulfonamides is 1. The molecule has 2 amide bonds. The first-order valence-electron chi connectivity index (χ1n) is 14.3. The van der Waals surface area contributed by atoms with Gasteiger partial charge in [-0.25, -0.2) is 12.8 Å². The Labute approximate surface area is 249 Å². The minimum Gasteiger partial charge on any atom is -0.354 e. The van der Waals surface area contributed by atoms with Crippen molar-refractivity contribution in [3.05, 3.63) is 101 Å². The molecule has 42 heavy (non-hydrogen) atoms. The van der Waals surface area contributed by atoms with E-state index in [2.05, 4.69) is 5.32 Å². The zero-order valence-electron chi connectivity index (χ0n) is 25.1. The van der Waals surface area contributed by atoms with Crippen molar-refractivity contribution in [3.63, 3.8) is 0 Å². The first-order chi connectivity index (χ1) is 19.9. The normalized spacial score (nSPS) is 12.2. The predicted molar refractivity (Wildman–Crippen MR) is 166 cm³/mol. The summed E-state index contributed by atoms with van der Waals surface area (Å²) in [6, 6.07) is 20.2. The van der Waals surface area contributed by atoms with E-state index in [1.54, 1.807) is 24.3 Å². The summed E-state index contributed by atoms with van der Waals surface area (Å²) in [6.07, 6.45) is 1.60. The molecule has 0 bridgehead atoms. The quantitative estimate of drug-likeness (QED) is 0.270. The fourth-order valence-corrected chi connectivity index (χ4v) is 5.63. The largest absolute Gasteiger partial charge is 0.354 e. The molecule has 0 unspecified atom stereocenters. The Hall–Kier alpha value is -3.72. The highest BCUT2D eigenvalue weighted by molar-refractivity contribution is 7.92. The zero-order valence-corrected chi connectivity index (χ0v) is 26.0. The van der Waals surface area contributed by atoms with Crippen LogP contribution in [-0.4, -0.2) is 50.5 Å². The van der Waals surface area contributed by atoms with Crippen LogP contribution in [0.5, 0.6) is 0 Å². The van der Waals surface area contributed by atoms with Crippen LogP contribution in [0.25, 0.3) is 0 Å². The highest BCUT2D eigenvalue weighted by atomic mass is 32.2. The number of carbonyl (C=O) groups excluding carboxylic acids is 2. The van der Waals surface area contributed by atoms with Crippen molar-refractivity contribution < 1.29 is 22.4 Å². The molecule has 0 aliphatic carbocycles. The third-order valence-corrected chi connectivity index (χ3v) is 8.38. The fourth-order valence-electron chi connectivity index (χ4n) is 4.67. The third-order valence-electron chi connectivity index (χ3n) is 7.18. The monoisotopic (exact) mass is 595 g/mol. The summed E-state index contributed by atoms with van der Waals surface area (Å²) in [6.45, 7) is 8.27. The molecule has 1 N–H and O–H groups in total. The van der Waals surface area contributed by atoms with Gasteiger partial charge >= 0.3 is 0 Å². The number of anilines is 1. The highest BCUT2D eigenvalue weighted by Crippen LogP contribution is 2.23. The molecule has 1 atom stereocenters. The van der Waals surface area contributed by atoms with Crippen LogP contribution in [-0.2, 0) is 32.6 Å². The molecule has 9 heteroatoms. The predicted octanol–water partition coefficient (Wildman–Crippen LogP) is 5.40. The van der Waals surface area contributed by atoms with Crippen LogP contribution in [0.2, 0.25) is 0 Å². The molecule has 3 aromatic rings. The number of amides is 2. The van der Waals surface area contributed by atoms with Gasteiger partial charge < -0.3 is 10.2 Å². The Kier molecular flexibility index (Phi) is 11.7. The molecule has 0 aliphatic heterocycles. The summed E-state index contributed by atoms with van der Waals surface area (Å²) >= 11 is 0. The summed E-state index contributed by atoms with van der Waals surface area (Å²) in [7, 11) is -3.61. The molecule has 0 aliphatic rings. The molecule has 0 saturated heterocycles. The van der Waals surface area contributed by atoms with E-state index < -0.39 is 21.9 Å². The number of aryl methyl sites for hydroxylation is 2. The van der Waals surface area contributed by atoms with Gasteiger partial charge in [0.15, 0.2) is 0 Å². The summed E-state index contributed by atoms with van der Waals surface area (Å²) < 4.78 is 41.4. The number of carbonyl (C=O) groups is 2. The third kappa shape index (κ3) is 9.41. The van der Waals surface area contributed by atoms with E-state index >= 15 is 0 Å². The van der Waals surface area contributed by atoms with E-state index in [0.29, 0.717) is 17.8 Å². The van der Waals surface area contributed by atoms with Gasteiger partial charge in [0.2, 0.25) is 21.8 Å². The molecular formula is C33H42FN3O4S. The lowest BCUT2D eigenvalue weighted by Gasteiger charge is -2.32. The van der Waals surface area contributed by atoms with Gasteiger partial charge in [0, 0.05) is 38.0 Å². The molecule has 0 fully saturated rings. The minimum absolute atomic E-state index is 0.0198. The Morgan fingerprint density at radius 1 is 0.929 bits per heavy atom. The SMILES string of the molecule is Cc1ccc(N(CCCC(=O)N(Cc2ccccc2F)[C@H](Cc2ccccc2)C(=O)NCC(C)C)S(C)(=O)=O)cc1C. The number of benzene rings is 3. The van der Waals surface area contributed by atoms with Crippen LogP contribution >= 0.6 is 0 Å². The van der Waals surface area contributed by atoms with E-state index in [4.69, 9.17) is 0 Å². The first-order valence-corrected chi connectivity index (χ1v) is 16.1. The van der Waals surface area contributed by atoms with Gasteiger partial charge in [0.1, 0.15) is 11.9 Å². The number of nitrogens with zero attached hydrogens (tertiary/aromatic N) is 2. The number of nitrogens with one attached hydrogen (secondary N) is 1. The number of halogens is 1. The maximum atomic E-state index is 14.8. The van der Waals surface area contributed by atoms with Crippen LogP contribution in [0.15, 0.2) is 72.8 Å². The lowest BCUT2D eigenvalue weighted by molar-refractivity contribution is -0.141. The van der Waals surface area contributed by atoms with Crippen LogP contribution in [0.4, 0.5) is 10.1 Å². The van der Waals surface area contributed by atoms with Gasteiger partial charge in [-0.3, -0.25) is 13.9 Å². The van der Waals surface area contributed by atoms with Gasteiger partial charge in [-0.05, 0) is 61.1 Å². The second-order valence-corrected chi connectivity index (χ2v) is 13.1. The highest BCUT2D eigenvalue weighted by Gasteiger charge is 2.31. The standard InChI is InChI=1S/C33H42FN3O4S/c1-24(2)22-35-33(39)31(21-27-12-7-6-8-13-27)36(23-28-14-9-10-15-30(28)34)32(38)16-11-19-37(42(5,40)41)29-18-17-25(3)26(4)20-29/h6-10,12-15,17-18,20,24,31H,11,16,19,21-23H2,1-5H3,(H,35,39)/t31-/m1/s1. The van der Waals surface area contributed by atoms with Gasteiger partial charge in [-0.15, -0.1) is 0 Å². The lowest BCUT2D eigenvalue weighted by atomic mass is 10.0. The average Bonchev–Trinajstić information content (AvgIpc) is 2.94. The van der Waals surface area contributed by atoms with Crippen molar-refractivity contribution in [1.82, 2.24) is 10.2 Å². The zero-order chi connectivity index (χ0) is 30.9. The Balaban J connectivity index is 1.89. The summed E-state index contributed by atoms with van der Waals surface area (Å²) in [4.78, 5) is 28.8. The van der Waals surface area contributed by atoms with Gasteiger partial charge in [0.25, 0.3) is 0 Å². The number of rotatable bonds is 14. The maximum Gasteiger partial charge on any atom is 0.243 e. The van der Waals surface area contributed by atoms with Crippen LogP contribution in [0, 0.1) is 25.6 Å². The smallest absolute Gasteiger partial charge is 0.243 e. The van der Waals surface area contributed by atoms with Gasteiger partial charge in [-0.1, -0.05) is 68.4 Å². The van der Waals surface area contributed by atoms with E-state index in [9.17, 15) is 22.4 Å². The van der Waals surface area contributed by atoms with Crippen molar-refractivity contribution >= 4 is 27.5 Å². The lowest BCUT2D eigenvalue weighted by Crippen LogP contribution is -2.51. The molecule has 0 saturated carbocycles. The van der Waals surface area contributed by atoms with E-state index in [1.807, 2.05) is 70.2 Å². The topological polar surface area (TPSA) is 86.8 Å². The average molecular weight is 596 g/mol. The Morgan fingerprint density at radius 2 is 1.60 bits per heavy atom. The van der Waals surface area contributed by atoms with Crippen molar-refractivity contribution in [2.45, 2.75) is 59.5 Å². The molecule has 7 nitrogen and oxygen atoms in total. The molecular weight excluding hydrogens is 553 g/mol. The molecule has 0 aromatic heterocycles. The van der Waals surface area contributed by atoms with E-state index in [0.717, 1.165) is 22.9 Å². The van der Waals surface area contributed by atoms with Crippen molar-refractivity contribution in [2.24, 2.45) is 5.92 Å². The Morgan fingerprint density at radius 3 is 2.21 bits per heavy atom. The molecule has 3 aromatic carbocycles.